The molecule has 1 unspecified atom stereocenters. The first-order chi connectivity index (χ1) is 15.1. The van der Waals surface area contributed by atoms with Gasteiger partial charge in [-0.2, -0.15) is 0 Å². The number of methoxy groups -OCH3 is 2. The Kier molecular flexibility index (Phi) is 7.28. The fourth-order valence-corrected chi connectivity index (χ4v) is 5.76. The van der Waals surface area contributed by atoms with Gasteiger partial charge in [-0.25, -0.2) is 0 Å². The average Bonchev–Trinajstić information content (AvgIpc) is 3.48. The molecule has 2 fully saturated rings. The highest BCUT2D eigenvalue weighted by atomic mass is 16.7. The number of benzene rings is 1. The highest BCUT2D eigenvalue weighted by molar-refractivity contribution is 5.88. The summed E-state index contributed by atoms with van der Waals surface area (Å²) in [5, 5.41) is 0. The van der Waals surface area contributed by atoms with Crippen molar-refractivity contribution in [1.29, 1.82) is 0 Å². The molecule has 2 heterocycles. The predicted octanol–water partition coefficient (Wildman–Crippen LogP) is 3.17. The van der Waals surface area contributed by atoms with Crippen molar-refractivity contribution < 1.29 is 19.1 Å². The molecule has 2 aliphatic heterocycles. The van der Waals surface area contributed by atoms with E-state index in [2.05, 4.69) is 24.3 Å². The standard InChI is InChI=1S/C25H36N2O4/c1-30-25(31-2)22-10-6-16-27(22)24(29)21-9-5-15-26(21)23(28)14-12-18-11-13-19-7-3-4-8-20(19)17-18/h3-4,7-8,18,21-22,25H,5-6,9-17H2,1-2H3/t18-,21+,22?/m1/s1. The molecule has 6 heteroatoms. The first-order valence-electron chi connectivity index (χ1n) is 11.8. The maximum Gasteiger partial charge on any atom is 0.245 e. The second-order valence-electron chi connectivity index (χ2n) is 9.24. The topological polar surface area (TPSA) is 59.1 Å². The Morgan fingerprint density at radius 2 is 1.71 bits per heavy atom. The van der Waals surface area contributed by atoms with Gasteiger partial charge >= 0.3 is 0 Å². The van der Waals surface area contributed by atoms with E-state index in [0.29, 0.717) is 25.4 Å². The third kappa shape index (κ3) is 4.80. The van der Waals surface area contributed by atoms with Crippen LogP contribution in [-0.4, -0.2) is 67.3 Å². The lowest BCUT2D eigenvalue weighted by atomic mass is 9.81. The van der Waals surface area contributed by atoms with Gasteiger partial charge in [0, 0.05) is 33.7 Å². The van der Waals surface area contributed by atoms with E-state index < -0.39 is 6.29 Å². The van der Waals surface area contributed by atoms with E-state index in [1.54, 1.807) is 14.2 Å². The number of fused-ring (bicyclic) bond motifs is 1. The fourth-order valence-electron chi connectivity index (χ4n) is 5.76. The highest BCUT2D eigenvalue weighted by Gasteiger charge is 2.42. The lowest BCUT2D eigenvalue weighted by molar-refractivity contribution is -0.161. The minimum atomic E-state index is -0.411. The predicted molar refractivity (Wildman–Crippen MR) is 118 cm³/mol. The summed E-state index contributed by atoms with van der Waals surface area (Å²) in [6, 6.07) is 8.27. The number of carbonyl (C=O) groups excluding carboxylic acids is 2. The number of aryl methyl sites for hydroxylation is 1. The van der Waals surface area contributed by atoms with Crippen LogP contribution in [0.3, 0.4) is 0 Å². The molecule has 4 rings (SSSR count). The Morgan fingerprint density at radius 3 is 2.48 bits per heavy atom. The zero-order valence-electron chi connectivity index (χ0n) is 18.9. The normalized spacial score (nSPS) is 25.8. The van der Waals surface area contributed by atoms with Crippen molar-refractivity contribution >= 4 is 11.8 Å². The lowest BCUT2D eigenvalue weighted by Crippen LogP contribution is -2.52. The van der Waals surface area contributed by atoms with Crippen LogP contribution in [0, 0.1) is 5.92 Å². The van der Waals surface area contributed by atoms with E-state index in [-0.39, 0.29) is 23.9 Å². The van der Waals surface area contributed by atoms with Gasteiger partial charge in [-0.3, -0.25) is 9.59 Å². The Balaban J connectivity index is 1.34. The smallest absolute Gasteiger partial charge is 0.245 e. The van der Waals surface area contributed by atoms with Crippen LogP contribution >= 0.6 is 0 Å². The molecule has 1 aromatic rings. The third-order valence-corrected chi connectivity index (χ3v) is 7.43. The number of carbonyl (C=O) groups is 2. The Morgan fingerprint density at radius 1 is 1.00 bits per heavy atom. The molecule has 1 aromatic carbocycles. The van der Waals surface area contributed by atoms with Gasteiger partial charge in [0.1, 0.15) is 6.04 Å². The van der Waals surface area contributed by atoms with Gasteiger partial charge in [-0.1, -0.05) is 24.3 Å². The van der Waals surface area contributed by atoms with Crippen molar-refractivity contribution in [3.8, 4) is 0 Å². The molecular formula is C25H36N2O4. The summed E-state index contributed by atoms with van der Waals surface area (Å²) in [7, 11) is 3.23. The zero-order valence-corrected chi connectivity index (χ0v) is 18.9. The molecule has 0 spiro atoms. The molecule has 2 amide bonds. The van der Waals surface area contributed by atoms with Gasteiger partial charge in [0.15, 0.2) is 6.29 Å². The van der Waals surface area contributed by atoms with E-state index in [1.807, 2.05) is 9.80 Å². The van der Waals surface area contributed by atoms with E-state index in [1.165, 1.54) is 11.1 Å². The van der Waals surface area contributed by atoms with Crippen LogP contribution in [0.25, 0.3) is 0 Å². The largest absolute Gasteiger partial charge is 0.354 e. The summed E-state index contributed by atoms with van der Waals surface area (Å²) in [5.41, 5.74) is 2.90. The fraction of sp³-hybridized carbons (Fsp3) is 0.680. The number of ether oxygens (including phenoxy) is 2. The molecule has 0 aromatic heterocycles. The van der Waals surface area contributed by atoms with Gasteiger partial charge in [0.05, 0.1) is 6.04 Å². The molecule has 0 saturated carbocycles. The minimum absolute atomic E-state index is 0.0673. The summed E-state index contributed by atoms with van der Waals surface area (Å²) in [4.78, 5) is 30.2. The van der Waals surface area contributed by atoms with Crippen molar-refractivity contribution in [3.63, 3.8) is 0 Å². The molecule has 3 atom stereocenters. The third-order valence-electron chi connectivity index (χ3n) is 7.43. The zero-order chi connectivity index (χ0) is 21.8. The van der Waals surface area contributed by atoms with Crippen molar-refractivity contribution in [1.82, 2.24) is 9.80 Å². The second-order valence-corrected chi connectivity index (χ2v) is 9.24. The number of amides is 2. The van der Waals surface area contributed by atoms with Crippen LogP contribution in [0.2, 0.25) is 0 Å². The summed E-state index contributed by atoms with van der Waals surface area (Å²) < 4.78 is 10.9. The molecule has 0 bridgehead atoms. The van der Waals surface area contributed by atoms with Crippen molar-refractivity contribution in [2.75, 3.05) is 27.3 Å². The molecule has 0 N–H and O–H groups in total. The first kappa shape index (κ1) is 22.3. The highest BCUT2D eigenvalue weighted by Crippen LogP contribution is 2.30. The summed E-state index contributed by atoms with van der Waals surface area (Å²) in [6.45, 7) is 1.41. The summed E-state index contributed by atoms with van der Waals surface area (Å²) in [6.07, 6.45) is 7.84. The van der Waals surface area contributed by atoms with E-state index in [0.717, 1.165) is 51.4 Å². The second kappa shape index (κ2) is 10.1. The van der Waals surface area contributed by atoms with Crippen LogP contribution in [0.15, 0.2) is 24.3 Å². The van der Waals surface area contributed by atoms with E-state index in [9.17, 15) is 9.59 Å². The van der Waals surface area contributed by atoms with Crippen molar-refractivity contribution in [2.45, 2.75) is 76.2 Å². The van der Waals surface area contributed by atoms with E-state index >= 15 is 0 Å². The van der Waals surface area contributed by atoms with Gasteiger partial charge in [0.2, 0.25) is 11.8 Å². The van der Waals surface area contributed by atoms with Gasteiger partial charge in [-0.05, 0) is 68.4 Å². The first-order valence-corrected chi connectivity index (χ1v) is 11.8. The molecular weight excluding hydrogens is 392 g/mol. The quantitative estimate of drug-likeness (QED) is 0.626. The van der Waals surface area contributed by atoms with Crippen LogP contribution in [0.5, 0.6) is 0 Å². The van der Waals surface area contributed by atoms with Gasteiger partial charge in [-0.15, -0.1) is 0 Å². The molecule has 3 aliphatic rings. The lowest BCUT2D eigenvalue weighted by Gasteiger charge is -2.34. The molecule has 2 saturated heterocycles. The Bertz CT molecular complexity index is 779. The maximum absolute atomic E-state index is 13.4. The molecule has 6 nitrogen and oxygen atoms in total. The minimum Gasteiger partial charge on any atom is -0.354 e. The van der Waals surface area contributed by atoms with Crippen LogP contribution < -0.4 is 0 Å². The molecule has 31 heavy (non-hydrogen) atoms. The Labute approximate surface area is 185 Å². The number of nitrogens with zero attached hydrogens (tertiary/aromatic N) is 2. The summed E-state index contributed by atoms with van der Waals surface area (Å²) >= 11 is 0. The number of hydrogen-bond donors (Lipinski definition) is 0. The number of rotatable bonds is 7. The van der Waals surface area contributed by atoms with E-state index in [4.69, 9.17) is 9.47 Å². The van der Waals surface area contributed by atoms with Crippen LogP contribution in [-0.2, 0) is 31.9 Å². The van der Waals surface area contributed by atoms with Crippen molar-refractivity contribution in [3.05, 3.63) is 35.4 Å². The average molecular weight is 429 g/mol. The molecule has 1 aliphatic carbocycles. The SMILES string of the molecule is COC(OC)C1CCCN1C(=O)[C@@H]1CCCN1C(=O)CC[C@H]1CCc2ccccc2C1. The Hall–Kier alpha value is -1.92. The maximum atomic E-state index is 13.4. The number of hydrogen-bond acceptors (Lipinski definition) is 4. The number of likely N-dealkylation sites (tertiary alicyclic amines) is 2. The van der Waals surface area contributed by atoms with Gasteiger partial charge < -0.3 is 19.3 Å². The van der Waals surface area contributed by atoms with Gasteiger partial charge in [0.25, 0.3) is 0 Å². The molecule has 0 radical (unpaired) electrons. The monoisotopic (exact) mass is 428 g/mol. The van der Waals surface area contributed by atoms with Crippen molar-refractivity contribution in [2.24, 2.45) is 5.92 Å². The summed E-state index contributed by atoms with van der Waals surface area (Å²) in [5.74, 6) is 0.766. The van der Waals surface area contributed by atoms with Crippen LogP contribution in [0.4, 0.5) is 0 Å². The molecule has 170 valence electrons. The van der Waals surface area contributed by atoms with Crippen LogP contribution in [0.1, 0.15) is 56.1 Å².